The molecule has 0 aliphatic carbocycles. The lowest BCUT2D eigenvalue weighted by molar-refractivity contribution is 0.332. The Bertz CT molecular complexity index is 636. The third kappa shape index (κ3) is 4.30. The van der Waals surface area contributed by atoms with Crippen molar-refractivity contribution in [3.8, 4) is 17.6 Å². The summed E-state index contributed by atoms with van der Waals surface area (Å²) in [6.07, 6.45) is 0. The number of halogens is 1. The summed E-state index contributed by atoms with van der Waals surface area (Å²) in [5.41, 5.74) is 1.30. The lowest BCUT2D eigenvalue weighted by Gasteiger charge is -2.10. The van der Waals surface area contributed by atoms with Gasteiger partial charge in [0.25, 0.3) is 0 Å². The van der Waals surface area contributed by atoms with E-state index in [1.807, 2.05) is 24.3 Å². The lowest BCUT2D eigenvalue weighted by atomic mass is 10.2. The molecule has 0 aliphatic rings. The minimum atomic E-state index is 0.486. The highest BCUT2D eigenvalue weighted by Crippen LogP contribution is 2.22. The molecule has 0 aliphatic heterocycles. The lowest BCUT2D eigenvalue weighted by Crippen LogP contribution is -2.11. The van der Waals surface area contributed by atoms with Gasteiger partial charge in [-0.15, -0.1) is 0 Å². The first-order valence-electron chi connectivity index (χ1n) is 6.43. The molecule has 0 atom stereocenters. The molecule has 1 N–H and O–H groups in total. The second-order valence-electron chi connectivity index (χ2n) is 4.26. The van der Waals surface area contributed by atoms with Crippen LogP contribution in [0.1, 0.15) is 5.56 Å². The largest absolute Gasteiger partial charge is 0.497 e. The van der Waals surface area contributed by atoms with Gasteiger partial charge in [0, 0.05) is 6.54 Å². The Morgan fingerprint density at radius 3 is 2.52 bits per heavy atom. The van der Waals surface area contributed by atoms with Crippen LogP contribution in [0.2, 0.25) is 5.02 Å². The van der Waals surface area contributed by atoms with Crippen molar-refractivity contribution in [2.75, 3.05) is 25.6 Å². The minimum Gasteiger partial charge on any atom is -0.497 e. The van der Waals surface area contributed by atoms with Crippen LogP contribution >= 0.6 is 11.6 Å². The fourth-order valence-electron chi connectivity index (χ4n) is 1.76. The van der Waals surface area contributed by atoms with Crippen molar-refractivity contribution in [3.63, 3.8) is 0 Å². The summed E-state index contributed by atoms with van der Waals surface area (Å²) >= 11 is 6.06. The number of rotatable bonds is 6. The van der Waals surface area contributed by atoms with Gasteiger partial charge in [0.05, 0.1) is 29.5 Å². The van der Waals surface area contributed by atoms with Gasteiger partial charge in [-0.3, -0.25) is 0 Å². The van der Waals surface area contributed by atoms with E-state index in [0.717, 1.165) is 17.2 Å². The standard InChI is InChI=1S/C16H15ClN2O2/c1-20-13-3-5-14(6-4-13)21-9-8-19-16-10-12(11-18)2-7-15(16)17/h2-7,10,19H,8-9H2,1H3. The first-order chi connectivity index (χ1) is 10.2. The van der Waals surface area contributed by atoms with Crippen LogP contribution in [0.15, 0.2) is 42.5 Å². The Balaban J connectivity index is 1.83. The van der Waals surface area contributed by atoms with Gasteiger partial charge in [0.2, 0.25) is 0 Å². The Hall–Kier alpha value is -2.38. The predicted octanol–water partition coefficient (Wildman–Crippen LogP) is 3.71. The first kappa shape index (κ1) is 15.0. The van der Waals surface area contributed by atoms with E-state index in [2.05, 4.69) is 11.4 Å². The number of nitriles is 1. The maximum atomic E-state index is 8.86. The van der Waals surface area contributed by atoms with E-state index in [4.69, 9.17) is 26.3 Å². The highest BCUT2D eigenvalue weighted by Gasteiger charge is 2.01. The number of anilines is 1. The molecule has 0 fully saturated rings. The molecule has 2 aromatic rings. The number of hydrogen-bond acceptors (Lipinski definition) is 4. The van der Waals surface area contributed by atoms with Crippen LogP contribution in [-0.4, -0.2) is 20.3 Å². The first-order valence-corrected chi connectivity index (χ1v) is 6.81. The molecule has 0 saturated carbocycles. The van der Waals surface area contributed by atoms with E-state index >= 15 is 0 Å². The van der Waals surface area contributed by atoms with Crippen molar-refractivity contribution < 1.29 is 9.47 Å². The molecule has 0 saturated heterocycles. The summed E-state index contributed by atoms with van der Waals surface area (Å²) in [4.78, 5) is 0. The molecular formula is C16H15ClN2O2. The molecule has 0 heterocycles. The fourth-order valence-corrected chi connectivity index (χ4v) is 1.94. The van der Waals surface area contributed by atoms with Crippen molar-refractivity contribution in [2.45, 2.75) is 0 Å². The third-order valence-electron chi connectivity index (χ3n) is 2.84. The molecule has 21 heavy (non-hydrogen) atoms. The van der Waals surface area contributed by atoms with E-state index in [1.54, 1.807) is 25.3 Å². The zero-order chi connectivity index (χ0) is 15.1. The number of hydrogen-bond donors (Lipinski definition) is 1. The average Bonchev–Trinajstić information content (AvgIpc) is 2.53. The monoisotopic (exact) mass is 302 g/mol. The summed E-state index contributed by atoms with van der Waals surface area (Å²) < 4.78 is 10.7. The van der Waals surface area contributed by atoms with Gasteiger partial charge in [-0.1, -0.05) is 11.6 Å². The molecule has 2 aromatic carbocycles. The third-order valence-corrected chi connectivity index (χ3v) is 3.17. The van der Waals surface area contributed by atoms with Crippen LogP contribution in [0.25, 0.3) is 0 Å². The quantitative estimate of drug-likeness (QED) is 0.826. The highest BCUT2D eigenvalue weighted by molar-refractivity contribution is 6.33. The second-order valence-corrected chi connectivity index (χ2v) is 4.66. The van der Waals surface area contributed by atoms with Gasteiger partial charge in [-0.2, -0.15) is 5.26 Å². The van der Waals surface area contributed by atoms with Gasteiger partial charge < -0.3 is 14.8 Å². The molecule has 0 unspecified atom stereocenters. The molecule has 0 bridgehead atoms. The normalized spacial score (nSPS) is 9.76. The van der Waals surface area contributed by atoms with Gasteiger partial charge >= 0.3 is 0 Å². The molecule has 108 valence electrons. The van der Waals surface area contributed by atoms with Gasteiger partial charge in [0.1, 0.15) is 18.1 Å². The Morgan fingerprint density at radius 1 is 1.14 bits per heavy atom. The van der Waals surface area contributed by atoms with Crippen molar-refractivity contribution in [1.29, 1.82) is 5.26 Å². The maximum Gasteiger partial charge on any atom is 0.119 e. The molecule has 4 nitrogen and oxygen atoms in total. The number of benzene rings is 2. The summed E-state index contributed by atoms with van der Waals surface area (Å²) in [5.74, 6) is 1.56. The highest BCUT2D eigenvalue weighted by atomic mass is 35.5. The molecule has 2 rings (SSSR count). The van der Waals surface area contributed by atoms with E-state index < -0.39 is 0 Å². The molecule has 0 spiro atoms. The number of methoxy groups -OCH3 is 1. The van der Waals surface area contributed by atoms with Crippen molar-refractivity contribution >= 4 is 17.3 Å². The smallest absolute Gasteiger partial charge is 0.119 e. The van der Waals surface area contributed by atoms with E-state index in [0.29, 0.717) is 23.7 Å². The second kappa shape index (κ2) is 7.41. The number of ether oxygens (including phenoxy) is 2. The van der Waals surface area contributed by atoms with Crippen molar-refractivity contribution in [2.24, 2.45) is 0 Å². The Morgan fingerprint density at radius 2 is 1.86 bits per heavy atom. The van der Waals surface area contributed by atoms with Crippen LogP contribution < -0.4 is 14.8 Å². The van der Waals surface area contributed by atoms with Crippen molar-refractivity contribution in [1.82, 2.24) is 0 Å². The van der Waals surface area contributed by atoms with Gasteiger partial charge in [0.15, 0.2) is 0 Å². The molecule has 5 heteroatoms. The average molecular weight is 303 g/mol. The van der Waals surface area contributed by atoms with E-state index in [1.165, 1.54) is 0 Å². The molecular weight excluding hydrogens is 288 g/mol. The Labute approximate surface area is 128 Å². The van der Waals surface area contributed by atoms with Crippen molar-refractivity contribution in [3.05, 3.63) is 53.1 Å². The molecule has 0 radical (unpaired) electrons. The molecule has 0 aromatic heterocycles. The Kier molecular flexibility index (Phi) is 5.30. The zero-order valence-electron chi connectivity index (χ0n) is 11.6. The van der Waals surface area contributed by atoms with Crippen LogP contribution in [0, 0.1) is 11.3 Å². The number of nitrogens with one attached hydrogen (secondary N) is 1. The van der Waals surface area contributed by atoms with Crippen LogP contribution in [0.5, 0.6) is 11.5 Å². The van der Waals surface area contributed by atoms with Crippen LogP contribution in [0.4, 0.5) is 5.69 Å². The number of nitrogens with zero attached hydrogens (tertiary/aromatic N) is 1. The van der Waals surface area contributed by atoms with Crippen LogP contribution in [0.3, 0.4) is 0 Å². The predicted molar refractivity (Wildman–Crippen MR) is 83.1 cm³/mol. The maximum absolute atomic E-state index is 8.86. The summed E-state index contributed by atoms with van der Waals surface area (Å²) in [5, 5.41) is 12.6. The van der Waals surface area contributed by atoms with Crippen LogP contribution in [-0.2, 0) is 0 Å². The minimum absolute atomic E-state index is 0.486. The van der Waals surface area contributed by atoms with E-state index in [-0.39, 0.29) is 0 Å². The van der Waals surface area contributed by atoms with Gasteiger partial charge in [-0.25, -0.2) is 0 Å². The SMILES string of the molecule is COc1ccc(OCCNc2cc(C#N)ccc2Cl)cc1. The fraction of sp³-hybridized carbons (Fsp3) is 0.188. The summed E-state index contributed by atoms with van der Waals surface area (Å²) in [6, 6.07) is 14.6. The summed E-state index contributed by atoms with van der Waals surface area (Å²) in [6.45, 7) is 1.07. The summed E-state index contributed by atoms with van der Waals surface area (Å²) in [7, 11) is 1.62. The molecule has 0 amide bonds. The topological polar surface area (TPSA) is 54.3 Å². The van der Waals surface area contributed by atoms with Gasteiger partial charge in [-0.05, 0) is 42.5 Å². The van der Waals surface area contributed by atoms with E-state index in [9.17, 15) is 0 Å². The zero-order valence-corrected chi connectivity index (χ0v) is 12.4.